The zero-order valence-corrected chi connectivity index (χ0v) is 27.7. The van der Waals surface area contributed by atoms with E-state index in [0.29, 0.717) is 28.6 Å². The van der Waals surface area contributed by atoms with E-state index >= 15 is 0 Å². The third-order valence-electron chi connectivity index (χ3n) is 9.04. The van der Waals surface area contributed by atoms with E-state index in [9.17, 15) is 4.79 Å². The largest absolute Gasteiger partial charge is 0.489 e. The number of nitrogens with one attached hydrogen (secondary N) is 3. The van der Waals surface area contributed by atoms with E-state index in [2.05, 4.69) is 62.7 Å². The molecule has 1 saturated heterocycles. The molecule has 0 bridgehead atoms. The number of hydrogen-bond acceptors (Lipinski definition) is 4. The van der Waals surface area contributed by atoms with E-state index in [4.69, 9.17) is 27.9 Å². The van der Waals surface area contributed by atoms with E-state index in [1.165, 1.54) is 37.7 Å². The van der Waals surface area contributed by atoms with E-state index in [0.717, 1.165) is 43.5 Å². The third kappa shape index (κ3) is 9.61. The fourth-order valence-electron chi connectivity index (χ4n) is 7.36. The molecule has 1 heterocycles. The molecule has 1 saturated carbocycles. The molecule has 0 aromatic heterocycles. The highest BCUT2D eigenvalue weighted by Crippen LogP contribution is 2.32. The number of rotatable bonds is 12. The molecule has 4 rings (SSSR count). The van der Waals surface area contributed by atoms with Crippen LogP contribution in [0.4, 0.5) is 0 Å². The summed E-state index contributed by atoms with van der Waals surface area (Å²) in [4.78, 5) is 13.7. The van der Waals surface area contributed by atoms with E-state index < -0.39 is 0 Å². The highest BCUT2D eigenvalue weighted by molar-refractivity contribution is 6.35. The topological polar surface area (TPSA) is 62.4 Å². The zero-order valence-electron chi connectivity index (χ0n) is 26.2. The zero-order chi connectivity index (χ0) is 30.3. The minimum absolute atomic E-state index is 0.00458. The maximum absolute atomic E-state index is 13.7. The first-order valence-electron chi connectivity index (χ1n) is 15.9. The highest BCUT2D eigenvalue weighted by Gasteiger charge is 2.38. The van der Waals surface area contributed by atoms with Gasteiger partial charge in [-0.15, -0.1) is 0 Å². The van der Waals surface area contributed by atoms with Crippen molar-refractivity contribution in [2.75, 3.05) is 6.54 Å². The second kappa shape index (κ2) is 14.8. The number of halogens is 2. The first-order valence-corrected chi connectivity index (χ1v) is 16.7. The Bertz CT molecular complexity index is 1130. The van der Waals surface area contributed by atoms with Crippen LogP contribution < -0.4 is 20.7 Å². The number of ether oxygens (including phenoxy) is 1. The van der Waals surface area contributed by atoms with Gasteiger partial charge in [0.2, 0.25) is 5.91 Å². The number of hydrogen-bond donors (Lipinski definition) is 3. The predicted molar refractivity (Wildman–Crippen MR) is 176 cm³/mol. The van der Waals surface area contributed by atoms with Gasteiger partial charge in [-0.25, -0.2) is 0 Å². The van der Waals surface area contributed by atoms with E-state index in [-0.39, 0.29) is 28.9 Å². The number of benzene rings is 2. The number of carbonyl (C=O) groups is 1. The summed E-state index contributed by atoms with van der Waals surface area (Å²) < 4.78 is 6.00. The summed E-state index contributed by atoms with van der Waals surface area (Å²) in [5.74, 6) is 1.58. The van der Waals surface area contributed by atoms with Crippen LogP contribution in [0.5, 0.6) is 5.75 Å². The standard InChI is InChI=1S/C35H51Cl2N3O2/c1-6-29(25-11-8-7-9-12-25)33(41)39-26(22-38-27-20-34(2,3)40-35(4,5)21-27)19-24-15-17-28(18-16-24)42-23-30-31(36)13-10-14-32(30)37/h10,13-18,25-27,29,38,40H,6-9,11-12,19-23H2,1-5H3,(H,39,41). The van der Waals surface area contributed by atoms with Gasteiger partial charge in [-0.05, 0) is 102 Å². The van der Waals surface area contributed by atoms with Crippen molar-refractivity contribution in [3.8, 4) is 5.75 Å². The Labute approximate surface area is 263 Å². The van der Waals surface area contributed by atoms with Gasteiger partial charge in [0.15, 0.2) is 0 Å². The van der Waals surface area contributed by atoms with Gasteiger partial charge in [0.1, 0.15) is 12.4 Å². The molecule has 0 radical (unpaired) electrons. The fraction of sp³-hybridized carbons (Fsp3) is 0.629. The smallest absolute Gasteiger partial charge is 0.223 e. The van der Waals surface area contributed by atoms with Gasteiger partial charge < -0.3 is 20.7 Å². The summed E-state index contributed by atoms with van der Waals surface area (Å²) in [5.41, 5.74) is 2.08. The Hall–Kier alpha value is -1.79. The Balaban J connectivity index is 1.42. The van der Waals surface area contributed by atoms with Gasteiger partial charge in [-0.3, -0.25) is 4.79 Å². The van der Waals surface area contributed by atoms with Crippen LogP contribution in [0, 0.1) is 11.8 Å². The van der Waals surface area contributed by atoms with Crippen molar-refractivity contribution in [2.24, 2.45) is 11.8 Å². The van der Waals surface area contributed by atoms with Crippen LogP contribution in [0.3, 0.4) is 0 Å². The summed E-state index contributed by atoms with van der Waals surface area (Å²) in [6.07, 6.45) is 9.91. The average molecular weight is 617 g/mol. The first-order chi connectivity index (χ1) is 19.9. The first kappa shape index (κ1) is 33.1. The van der Waals surface area contributed by atoms with Crippen LogP contribution >= 0.6 is 23.2 Å². The van der Waals surface area contributed by atoms with E-state index in [1.807, 2.05) is 30.3 Å². The highest BCUT2D eigenvalue weighted by atomic mass is 35.5. The lowest BCUT2D eigenvalue weighted by molar-refractivity contribution is -0.128. The van der Waals surface area contributed by atoms with Crippen LogP contribution in [0.1, 0.15) is 97.1 Å². The molecule has 0 spiro atoms. The molecule has 1 amide bonds. The van der Waals surface area contributed by atoms with Crippen LogP contribution in [0.2, 0.25) is 10.0 Å². The summed E-state index contributed by atoms with van der Waals surface area (Å²) in [5, 5.41) is 12.3. The molecule has 2 aromatic carbocycles. The lowest BCUT2D eigenvalue weighted by atomic mass is 9.78. The molecule has 5 nitrogen and oxygen atoms in total. The molecule has 3 N–H and O–H groups in total. The van der Waals surface area contributed by atoms with Crippen molar-refractivity contribution >= 4 is 29.1 Å². The molecule has 1 aliphatic heterocycles. The Morgan fingerprint density at radius 1 is 0.976 bits per heavy atom. The number of carbonyl (C=O) groups excluding carboxylic acids is 1. The minimum Gasteiger partial charge on any atom is -0.489 e. The van der Waals surface area contributed by atoms with E-state index in [1.54, 1.807) is 0 Å². The monoisotopic (exact) mass is 615 g/mol. The summed E-state index contributed by atoms with van der Waals surface area (Å²) >= 11 is 12.6. The Kier molecular flexibility index (Phi) is 11.7. The summed E-state index contributed by atoms with van der Waals surface area (Å²) in [6, 6.07) is 14.0. The second-order valence-corrected chi connectivity index (χ2v) is 14.7. The minimum atomic E-state index is 0.00458. The Morgan fingerprint density at radius 2 is 1.60 bits per heavy atom. The van der Waals surface area contributed by atoms with Crippen molar-refractivity contribution in [1.29, 1.82) is 0 Å². The van der Waals surface area contributed by atoms with Crippen LogP contribution in [-0.4, -0.2) is 35.6 Å². The normalized spacial score (nSPS) is 20.5. The molecule has 232 valence electrons. The molecule has 1 aliphatic carbocycles. The van der Waals surface area contributed by atoms with Crippen molar-refractivity contribution < 1.29 is 9.53 Å². The molecular formula is C35H51Cl2N3O2. The lowest BCUT2D eigenvalue weighted by Gasteiger charge is -2.47. The van der Waals surface area contributed by atoms with Crippen molar-refractivity contribution in [1.82, 2.24) is 16.0 Å². The van der Waals surface area contributed by atoms with Gasteiger partial charge in [-0.1, -0.05) is 67.6 Å². The van der Waals surface area contributed by atoms with Gasteiger partial charge in [-0.2, -0.15) is 0 Å². The number of piperidine rings is 1. The summed E-state index contributed by atoms with van der Waals surface area (Å²) in [6.45, 7) is 12.3. The maximum atomic E-state index is 13.7. The van der Waals surface area contributed by atoms with Gasteiger partial charge >= 0.3 is 0 Å². The predicted octanol–water partition coefficient (Wildman–Crippen LogP) is 8.11. The third-order valence-corrected chi connectivity index (χ3v) is 9.74. The van der Waals surface area contributed by atoms with Crippen LogP contribution in [0.15, 0.2) is 42.5 Å². The van der Waals surface area contributed by atoms with Gasteiger partial charge in [0.25, 0.3) is 0 Å². The molecule has 2 aliphatic rings. The van der Waals surface area contributed by atoms with Gasteiger partial charge in [0, 0.05) is 51.2 Å². The second-order valence-electron chi connectivity index (χ2n) is 13.9. The molecule has 7 heteroatoms. The SMILES string of the molecule is CCC(C(=O)NC(CNC1CC(C)(C)NC(C)(C)C1)Cc1ccc(OCc2c(Cl)cccc2Cl)cc1)C1CCCCC1. The van der Waals surface area contributed by atoms with Gasteiger partial charge in [0.05, 0.1) is 0 Å². The Morgan fingerprint density at radius 3 is 2.19 bits per heavy atom. The molecule has 2 unspecified atom stereocenters. The quantitative estimate of drug-likeness (QED) is 0.226. The van der Waals surface area contributed by atoms with Crippen molar-refractivity contribution in [3.05, 3.63) is 63.6 Å². The van der Waals surface area contributed by atoms with Crippen LogP contribution in [0.25, 0.3) is 0 Å². The molecule has 2 fully saturated rings. The average Bonchev–Trinajstić information content (AvgIpc) is 2.92. The lowest BCUT2D eigenvalue weighted by Crippen LogP contribution is -2.62. The molecule has 2 aromatic rings. The molecular weight excluding hydrogens is 565 g/mol. The molecule has 2 atom stereocenters. The van der Waals surface area contributed by atoms with Crippen molar-refractivity contribution in [3.63, 3.8) is 0 Å². The van der Waals surface area contributed by atoms with Crippen LogP contribution in [-0.2, 0) is 17.8 Å². The fourth-order valence-corrected chi connectivity index (χ4v) is 7.87. The molecule has 42 heavy (non-hydrogen) atoms. The number of amides is 1. The summed E-state index contributed by atoms with van der Waals surface area (Å²) in [7, 11) is 0. The van der Waals surface area contributed by atoms with Crippen molar-refractivity contribution in [2.45, 2.75) is 122 Å². The maximum Gasteiger partial charge on any atom is 0.223 e.